The van der Waals surface area contributed by atoms with Gasteiger partial charge in [0.15, 0.2) is 0 Å². The molecule has 2 amide bonds. The van der Waals surface area contributed by atoms with Crippen molar-refractivity contribution in [3.63, 3.8) is 0 Å². The molecule has 4 nitrogen and oxygen atoms in total. The number of nitrogens with one attached hydrogen (secondary N) is 1. The number of aromatic nitrogens is 1. The molecular weight excluding hydrogens is 286 g/mol. The maximum absolute atomic E-state index is 12.7. The first-order valence-electron chi connectivity index (χ1n) is 8.38. The number of urea groups is 1. The van der Waals surface area contributed by atoms with E-state index in [1.54, 1.807) is 0 Å². The number of nitrogens with zero attached hydrogens (tertiary/aromatic N) is 2. The van der Waals surface area contributed by atoms with Crippen LogP contribution in [0.5, 0.6) is 0 Å². The molecule has 4 heteroatoms. The van der Waals surface area contributed by atoms with Gasteiger partial charge in [-0.3, -0.25) is 0 Å². The van der Waals surface area contributed by atoms with Crippen molar-refractivity contribution in [2.75, 3.05) is 6.54 Å². The number of hydrogen-bond donors (Lipinski definition) is 1. The van der Waals surface area contributed by atoms with Crippen LogP contribution >= 0.6 is 0 Å². The minimum absolute atomic E-state index is 0.0163. The number of hydrogen-bond acceptors (Lipinski definition) is 1. The Balaban J connectivity index is 1.87. The van der Waals surface area contributed by atoms with E-state index in [4.69, 9.17) is 0 Å². The summed E-state index contributed by atoms with van der Waals surface area (Å²) in [4.78, 5) is 14.6. The second-order valence-electron chi connectivity index (χ2n) is 6.65. The van der Waals surface area contributed by atoms with E-state index >= 15 is 0 Å². The fraction of sp³-hybridized carbons (Fsp3) is 0.421. The van der Waals surface area contributed by atoms with Crippen molar-refractivity contribution in [1.82, 2.24) is 14.8 Å². The summed E-state index contributed by atoms with van der Waals surface area (Å²) >= 11 is 0. The predicted octanol–water partition coefficient (Wildman–Crippen LogP) is 4.11. The predicted molar refractivity (Wildman–Crippen MR) is 92.6 cm³/mol. The summed E-state index contributed by atoms with van der Waals surface area (Å²) in [5.41, 5.74) is 3.49. The van der Waals surface area contributed by atoms with Crippen LogP contribution in [0.2, 0.25) is 0 Å². The molecular formula is C19H25N3O. The molecule has 23 heavy (non-hydrogen) atoms. The van der Waals surface area contributed by atoms with Crippen LogP contribution in [-0.2, 0) is 6.54 Å². The summed E-state index contributed by atoms with van der Waals surface area (Å²) in [7, 11) is 0. The molecule has 122 valence electrons. The second-order valence-corrected chi connectivity index (χ2v) is 6.65. The third-order valence-corrected chi connectivity index (χ3v) is 4.53. The average Bonchev–Trinajstić information content (AvgIpc) is 2.97. The van der Waals surface area contributed by atoms with Crippen molar-refractivity contribution in [1.29, 1.82) is 0 Å². The molecule has 0 aliphatic carbocycles. The molecule has 0 radical (unpaired) electrons. The van der Waals surface area contributed by atoms with Crippen molar-refractivity contribution in [2.24, 2.45) is 5.92 Å². The molecule has 1 aromatic heterocycles. The monoisotopic (exact) mass is 311 g/mol. The van der Waals surface area contributed by atoms with Crippen molar-refractivity contribution in [2.45, 2.75) is 39.8 Å². The standard InChI is InChI=1S/C19H25N3O/c1-14(2)10-11-20-19(23)22-13-16-7-4-5-8-18(16)21-12-6-9-17(21)15(22)3/h4-9,12,14-15H,10-11,13H2,1-3H3,(H,20,23)/t15-/m1/s1. The first kappa shape index (κ1) is 15.7. The van der Waals surface area contributed by atoms with Gasteiger partial charge in [-0.1, -0.05) is 32.0 Å². The van der Waals surface area contributed by atoms with Crippen LogP contribution in [0.25, 0.3) is 5.69 Å². The van der Waals surface area contributed by atoms with Gasteiger partial charge in [0.05, 0.1) is 18.3 Å². The molecule has 3 rings (SSSR count). The van der Waals surface area contributed by atoms with Gasteiger partial charge in [0.25, 0.3) is 0 Å². The lowest BCUT2D eigenvalue weighted by molar-refractivity contribution is 0.175. The first-order chi connectivity index (χ1) is 11.1. The third-order valence-electron chi connectivity index (χ3n) is 4.53. The molecule has 0 unspecified atom stereocenters. The van der Waals surface area contributed by atoms with Crippen LogP contribution in [-0.4, -0.2) is 22.0 Å². The largest absolute Gasteiger partial charge is 0.338 e. The van der Waals surface area contributed by atoms with Crippen LogP contribution in [0, 0.1) is 5.92 Å². The Labute approximate surface area is 138 Å². The lowest BCUT2D eigenvalue weighted by Crippen LogP contribution is -2.41. The van der Waals surface area contributed by atoms with Gasteiger partial charge in [-0.05, 0) is 43.0 Å². The maximum atomic E-state index is 12.7. The van der Waals surface area contributed by atoms with E-state index < -0.39 is 0 Å². The number of rotatable bonds is 3. The molecule has 0 saturated carbocycles. The molecule has 1 aromatic carbocycles. The number of fused-ring (bicyclic) bond motifs is 3. The first-order valence-corrected chi connectivity index (χ1v) is 8.38. The maximum Gasteiger partial charge on any atom is 0.318 e. The smallest absolute Gasteiger partial charge is 0.318 e. The van der Waals surface area contributed by atoms with Crippen LogP contribution in [0.4, 0.5) is 4.79 Å². The summed E-state index contributed by atoms with van der Waals surface area (Å²) in [5, 5.41) is 3.07. The highest BCUT2D eigenvalue weighted by atomic mass is 16.2. The van der Waals surface area contributed by atoms with E-state index in [0.29, 0.717) is 12.5 Å². The van der Waals surface area contributed by atoms with E-state index in [1.165, 1.54) is 5.56 Å². The summed E-state index contributed by atoms with van der Waals surface area (Å²) in [6.45, 7) is 7.79. The Hall–Kier alpha value is -2.23. The minimum atomic E-state index is 0.0163. The van der Waals surface area contributed by atoms with Gasteiger partial charge < -0.3 is 14.8 Å². The normalized spacial score (nSPS) is 16.7. The molecule has 1 aliphatic heterocycles. The molecule has 1 aliphatic rings. The molecule has 0 saturated heterocycles. The fourth-order valence-electron chi connectivity index (χ4n) is 3.13. The number of benzene rings is 1. The summed E-state index contributed by atoms with van der Waals surface area (Å²) in [6.07, 6.45) is 3.08. The number of carbonyl (C=O) groups is 1. The van der Waals surface area contributed by atoms with E-state index in [1.807, 2.05) is 23.1 Å². The van der Waals surface area contributed by atoms with E-state index in [2.05, 4.69) is 55.1 Å². The van der Waals surface area contributed by atoms with Gasteiger partial charge in [-0.15, -0.1) is 0 Å². The van der Waals surface area contributed by atoms with Crippen molar-refractivity contribution in [3.05, 3.63) is 53.9 Å². The van der Waals surface area contributed by atoms with Crippen LogP contribution in [0.15, 0.2) is 42.6 Å². The van der Waals surface area contributed by atoms with Crippen molar-refractivity contribution in [3.8, 4) is 5.69 Å². The van der Waals surface area contributed by atoms with E-state index in [0.717, 1.165) is 24.3 Å². The van der Waals surface area contributed by atoms with Crippen molar-refractivity contribution >= 4 is 6.03 Å². The summed E-state index contributed by atoms with van der Waals surface area (Å²) in [5.74, 6) is 0.592. The molecule has 1 N–H and O–H groups in total. The number of carbonyl (C=O) groups excluding carboxylic acids is 1. The molecule has 0 spiro atoms. The number of para-hydroxylation sites is 1. The van der Waals surface area contributed by atoms with Crippen molar-refractivity contribution < 1.29 is 4.79 Å². The Bertz CT molecular complexity index is 689. The third kappa shape index (κ3) is 3.11. The van der Waals surface area contributed by atoms with Gasteiger partial charge in [0.2, 0.25) is 0 Å². The second kappa shape index (κ2) is 6.49. The lowest BCUT2D eigenvalue weighted by atomic mass is 10.1. The van der Waals surface area contributed by atoms with Gasteiger partial charge in [-0.25, -0.2) is 4.79 Å². The minimum Gasteiger partial charge on any atom is -0.338 e. The van der Waals surface area contributed by atoms with Gasteiger partial charge in [-0.2, -0.15) is 0 Å². The highest BCUT2D eigenvalue weighted by molar-refractivity contribution is 5.75. The average molecular weight is 311 g/mol. The van der Waals surface area contributed by atoms with Gasteiger partial charge in [0, 0.05) is 18.4 Å². The molecule has 0 bridgehead atoms. The van der Waals surface area contributed by atoms with Gasteiger partial charge in [0.1, 0.15) is 0 Å². The lowest BCUT2D eigenvalue weighted by Gasteiger charge is -2.28. The highest BCUT2D eigenvalue weighted by Gasteiger charge is 2.28. The molecule has 2 heterocycles. The quantitative estimate of drug-likeness (QED) is 0.910. The van der Waals surface area contributed by atoms with E-state index in [-0.39, 0.29) is 12.1 Å². The van der Waals surface area contributed by atoms with E-state index in [9.17, 15) is 4.79 Å². The summed E-state index contributed by atoms with van der Waals surface area (Å²) < 4.78 is 2.20. The molecule has 0 fully saturated rings. The number of amides is 2. The topological polar surface area (TPSA) is 37.3 Å². The van der Waals surface area contributed by atoms with Crippen LogP contribution in [0.3, 0.4) is 0 Å². The Morgan fingerprint density at radius 1 is 1.26 bits per heavy atom. The molecule has 2 aromatic rings. The Morgan fingerprint density at radius 2 is 2.04 bits per heavy atom. The van der Waals surface area contributed by atoms with Gasteiger partial charge >= 0.3 is 6.03 Å². The highest BCUT2D eigenvalue weighted by Crippen LogP contribution is 2.31. The zero-order chi connectivity index (χ0) is 16.4. The van der Waals surface area contributed by atoms with Crippen LogP contribution < -0.4 is 5.32 Å². The fourth-order valence-corrected chi connectivity index (χ4v) is 3.13. The Kier molecular flexibility index (Phi) is 4.42. The molecule has 1 atom stereocenters. The zero-order valence-corrected chi connectivity index (χ0v) is 14.1. The summed E-state index contributed by atoms with van der Waals surface area (Å²) in [6, 6.07) is 12.5. The SMILES string of the molecule is CC(C)CCNC(=O)N1Cc2ccccc2-n2cccc2[C@H]1C. The zero-order valence-electron chi connectivity index (χ0n) is 14.1. The Morgan fingerprint density at radius 3 is 2.83 bits per heavy atom. The van der Waals surface area contributed by atoms with Crippen LogP contribution in [0.1, 0.15) is 44.5 Å².